The highest BCUT2D eigenvalue weighted by Crippen LogP contribution is 2.12. The number of carbonyl (C=O) groups excluding carboxylic acids is 1. The Morgan fingerprint density at radius 2 is 2.50 bits per heavy atom. The number of rotatable bonds is 2. The molecule has 0 N–H and O–H groups in total. The second-order valence-electron chi connectivity index (χ2n) is 2.67. The number of hydrogen-bond acceptors (Lipinski definition) is 2. The molecule has 0 bridgehead atoms. The number of cyclic esters (lactones) is 1. The van der Waals surface area contributed by atoms with Gasteiger partial charge in [0.1, 0.15) is 6.10 Å². The number of carbonyl (C=O) groups is 1. The Morgan fingerprint density at radius 1 is 1.80 bits per heavy atom. The van der Waals surface area contributed by atoms with E-state index in [1.807, 2.05) is 0 Å². The van der Waals surface area contributed by atoms with E-state index in [2.05, 4.69) is 6.92 Å². The predicted molar refractivity (Wildman–Crippen MR) is 37.8 cm³/mol. The molecule has 3 nitrogen and oxygen atoms in total. The zero-order chi connectivity index (χ0) is 7.56. The van der Waals surface area contributed by atoms with Crippen LogP contribution in [0.4, 0.5) is 4.79 Å². The van der Waals surface area contributed by atoms with Gasteiger partial charge in [0.2, 0.25) is 0 Å². The SMILES string of the molecule is CCCC1CN(C)C(=O)O1. The van der Waals surface area contributed by atoms with Crippen molar-refractivity contribution >= 4 is 6.09 Å². The summed E-state index contributed by atoms with van der Waals surface area (Å²) >= 11 is 0. The Labute approximate surface area is 61.0 Å². The van der Waals surface area contributed by atoms with E-state index in [9.17, 15) is 4.79 Å². The Morgan fingerprint density at radius 3 is 2.90 bits per heavy atom. The number of amides is 1. The first-order valence-electron chi connectivity index (χ1n) is 3.65. The maximum absolute atomic E-state index is 10.8. The van der Waals surface area contributed by atoms with Crippen molar-refractivity contribution in [1.29, 1.82) is 0 Å². The molecule has 1 fully saturated rings. The Bertz CT molecular complexity index is 136. The fraction of sp³-hybridized carbons (Fsp3) is 0.857. The van der Waals surface area contributed by atoms with Crippen LogP contribution < -0.4 is 0 Å². The molecular formula is C7H13NO2. The Balaban J connectivity index is 2.34. The van der Waals surface area contributed by atoms with E-state index in [1.165, 1.54) is 0 Å². The maximum Gasteiger partial charge on any atom is 0.409 e. The molecule has 1 aliphatic heterocycles. The minimum atomic E-state index is -0.182. The molecular weight excluding hydrogens is 130 g/mol. The van der Waals surface area contributed by atoms with Gasteiger partial charge in [0.25, 0.3) is 0 Å². The minimum Gasteiger partial charge on any atom is -0.444 e. The number of likely N-dealkylation sites (N-methyl/N-ethyl adjacent to an activating group) is 1. The van der Waals surface area contributed by atoms with Gasteiger partial charge in [-0.2, -0.15) is 0 Å². The molecule has 0 spiro atoms. The van der Waals surface area contributed by atoms with E-state index < -0.39 is 0 Å². The van der Waals surface area contributed by atoms with Gasteiger partial charge in [-0.15, -0.1) is 0 Å². The lowest BCUT2D eigenvalue weighted by molar-refractivity contribution is 0.130. The van der Waals surface area contributed by atoms with Crippen LogP contribution in [0.5, 0.6) is 0 Å². The average molecular weight is 143 g/mol. The number of ether oxygens (including phenoxy) is 1. The topological polar surface area (TPSA) is 29.5 Å². The van der Waals surface area contributed by atoms with Crippen LogP contribution in [0.3, 0.4) is 0 Å². The standard InChI is InChI=1S/C7H13NO2/c1-3-4-6-5-8(2)7(9)10-6/h6H,3-5H2,1-2H3. The van der Waals surface area contributed by atoms with Crippen LogP contribution in [0.2, 0.25) is 0 Å². The molecule has 0 aromatic rings. The van der Waals surface area contributed by atoms with Gasteiger partial charge in [0, 0.05) is 7.05 Å². The largest absolute Gasteiger partial charge is 0.444 e. The van der Waals surface area contributed by atoms with E-state index >= 15 is 0 Å². The Kier molecular flexibility index (Phi) is 2.14. The van der Waals surface area contributed by atoms with Crippen molar-refractivity contribution in [2.24, 2.45) is 0 Å². The van der Waals surface area contributed by atoms with Gasteiger partial charge in [-0.25, -0.2) is 4.79 Å². The van der Waals surface area contributed by atoms with Crippen molar-refractivity contribution in [3.63, 3.8) is 0 Å². The molecule has 1 rings (SSSR count). The third-order valence-corrected chi connectivity index (χ3v) is 1.67. The van der Waals surface area contributed by atoms with E-state index in [0.29, 0.717) is 0 Å². The molecule has 3 heteroatoms. The summed E-state index contributed by atoms with van der Waals surface area (Å²) in [5.41, 5.74) is 0. The molecule has 1 aliphatic rings. The van der Waals surface area contributed by atoms with Crippen LogP contribution in [0.25, 0.3) is 0 Å². The summed E-state index contributed by atoms with van der Waals surface area (Å²) in [5.74, 6) is 0. The first-order chi connectivity index (χ1) is 4.74. The van der Waals surface area contributed by atoms with E-state index in [4.69, 9.17) is 4.74 Å². The van der Waals surface area contributed by atoms with Gasteiger partial charge in [-0.3, -0.25) is 0 Å². The van der Waals surface area contributed by atoms with Crippen LogP contribution in [-0.2, 0) is 4.74 Å². The molecule has 58 valence electrons. The van der Waals surface area contributed by atoms with Crippen molar-refractivity contribution in [2.75, 3.05) is 13.6 Å². The molecule has 1 amide bonds. The predicted octanol–water partition coefficient (Wildman–Crippen LogP) is 1.24. The van der Waals surface area contributed by atoms with Gasteiger partial charge in [0.15, 0.2) is 0 Å². The van der Waals surface area contributed by atoms with Crippen LogP contribution in [0, 0.1) is 0 Å². The summed E-state index contributed by atoms with van der Waals surface area (Å²) in [6, 6.07) is 0. The van der Waals surface area contributed by atoms with Gasteiger partial charge >= 0.3 is 6.09 Å². The van der Waals surface area contributed by atoms with Crippen LogP contribution in [-0.4, -0.2) is 30.7 Å². The van der Waals surface area contributed by atoms with Gasteiger partial charge in [0.05, 0.1) is 6.54 Å². The summed E-state index contributed by atoms with van der Waals surface area (Å²) in [6.07, 6.45) is 2.02. The first-order valence-corrected chi connectivity index (χ1v) is 3.65. The summed E-state index contributed by atoms with van der Waals surface area (Å²) in [4.78, 5) is 12.4. The second kappa shape index (κ2) is 2.90. The monoisotopic (exact) mass is 143 g/mol. The molecule has 1 unspecified atom stereocenters. The fourth-order valence-electron chi connectivity index (χ4n) is 1.12. The van der Waals surface area contributed by atoms with E-state index in [0.717, 1.165) is 19.4 Å². The maximum atomic E-state index is 10.8. The van der Waals surface area contributed by atoms with Gasteiger partial charge < -0.3 is 9.64 Å². The van der Waals surface area contributed by atoms with Crippen LogP contribution >= 0.6 is 0 Å². The molecule has 10 heavy (non-hydrogen) atoms. The molecule has 0 radical (unpaired) electrons. The highest BCUT2D eigenvalue weighted by atomic mass is 16.6. The minimum absolute atomic E-state index is 0.141. The lowest BCUT2D eigenvalue weighted by Crippen LogP contribution is -2.19. The van der Waals surface area contributed by atoms with Gasteiger partial charge in [-0.1, -0.05) is 13.3 Å². The van der Waals surface area contributed by atoms with Crippen molar-refractivity contribution in [2.45, 2.75) is 25.9 Å². The lowest BCUT2D eigenvalue weighted by atomic mass is 10.2. The lowest BCUT2D eigenvalue weighted by Gasteiger charge is -2.03. The Hall–Kier alpha value is -0.730. The molecule has 1 heterocycles. The zero-order valence-corrected chi connectivity index (χ0v) is 6.46. The summed E-state index contributed by atoms with van der Waals surface area (Å²) < 4.78 is 5.00. The molecule has 0 aromatic heterocycles. The van der Waals surface area contributed by atoms with E-state index in [1.54, 1.807) is 11.9 Å². The summed E-state index contributed by atoms with van der Waals surface area (Å²) in [5, 5.41) is 0. The normalized spacial score (nSPS) is 25.2. The fourth-order valence-corrected chi connectivity index (χ4v) is 1.12. The molecule has 0 aliphatic carbocycles. The highest BCUT2D eigenvalue weighted by Gasteiger charge is 2.26. The van der Waals surface area contributed by atoms with Crippen molar-refractivity contribution in [1.82, 2.24) is 4.90 Å². The van der Waals surface area contributed by atoms with Crippen molar-refractivity contribution in [3.05, 3.63) is 0 Å². The molecule has 0 aromatic carbocycles. The third kappa shape index (κ3) is 1.40. The molecule has 1 saturated heterocycles. The van der Waals surface area contributed by atoms with Crippen LogP contribution in [0.15, 0.2) is 0 Å². The number of hydrogen-bond donors (Lipinski definition) is 0. The van der Waals surface area contributed by atoms with E-state index in [-0.39, 0.29) is 12.2 Å². The number of nitrogens with zero attached hydrogens (tertiary/aromatic N) is 1. The van der Waals surface area contributed by atoms with Crippen LogP contribution in [0.1, 0.15) is 19.8 Å². The highest BCUT2D eigenvalue weighted by molar-refractivity contribution is 5.69. The molecule has 0 saturated carbocycles. The van der Waals surface area contributed by atoms with Crippen molar-refractivity contribution in [3.8, 4) is 0 Å². The second-order valence-corrected chi connectivity index (χ2v) is 2.67. The average Bonchev–Trinajstić information content (AvgIpc) is 2.14. The summed E-state index contributed by atoms with van der Waals surface area (Å²) in [6.45, 7) is 2.85. The third-order valence-electron chi connectivity index (χ3n) is 1.67. The first kappa shape index (κ1) is 7.38. The van der Waals surface area contributed by atoms with Gasteiger partial charge in [-0.05, 0) is 6.42 Å². The molecule has 1 atom stereocenters. The smallest absolute Gasteiger partial charge is 0.409 e. The quantitative estimate of drug-likeness (QED) is 0.582. The van der Waals surface area contributed by atoms with Crippen molar-refractivity contribution < 1.29 is 9.53 Å². The summed E-state index contributed by atoms with van der Waals surface area (Å²) in [7, 11) is 1.76. The zero-order valence-electron chi connectivity index (χ0n) is 6.46.